The third kappa shape index (κ3) is 5.52. The highest BCUT2D eigenvalue weighted by molar-refractivity contribution is 5.97. The monoisotopic (exact) mass is 334 g/mol. The van der Waals surface area contributed by atoms with Crippen LogP contribution < -0.4 is 16.4 Å². The van der Waals surface area contributed by atoms with Crippen LogP contribution in [0.25, 0.3) is 0 Å². The third-order valence-corrected chi connectivity index (χ3v) is 3.46. The lowest BCUT2D eigenvalue weighted by molar-refractivity contribution is -0.117. The van der Waals surface area contributed by atoms with E-state index in [-0.39, 0.29) is 5.57 Å². The van der Waals surface area contributed by atoms with Crippen LogP contribution in [0.15, 0.2) is 66.4 Å². The normalized spacial score (nSPS) is 10.6. The van der Waals surface area contributed by atoms with E-state index in [1.54, 1.807) is 24.3 Å². The molecule has 2 rings (SSSR count). The molecule has 2 aromatic rings. The van der Waals surface area contributed by atoms with Crippen molar-refractivity contribution in [1.29, 1.82) is 5.26 Å². The first-order valence-electron chi connectivity index (χ1n) is 7.69. The van der Waals surface area contributed by atoms with E-state index in [0.717, 1.165) is 5.56 Å². The maximum atomic E-state index is 12.0. The highest BCUT2D eigenvalue weighted by Crippen LogP contribution is 2.09. The van der Waals surface area contributed by atoms with E-state index in [9.17, 15) is 9.59 Å². The molecule has 126 valence electrons. The van der Waals surface area contributed by atoms with Gasteiger partial charge in [-0.1, -0.05) is 30.3 Å². The van der Waals surface area contributed by atoms with Gasteiger partial charge in [0.15, 0.2) is 0 Å². The van der Waals surface area contributed by atoms with Crippen molar-refractivity contribution in [2.45, 2.75) is 6.42 Å². The minimum absolute atomic E-state index is 0.0351. The van der Waals surface area contributed by atoms with Crippen LogP contribution in [0.3, 0.4) is 0 Å². The molecule has 0 radical (unpaired) electrons. The van der Waals surface area contributed by atoms with Gasteiger partial charge in [0, 0.05) is 24.0 Å². The van der Waals surface area contributed by atoms with E-state index in [1.165, 1.54) is 6.20 Å². The van der Waals surface area contributed by atoms with E-state index >= 15 is 0 Å². The number of hydrogen-bond donors (Lipinski definition) is 3. The van der Waals surface area contributed by atoms with Gasteiger partial charge in [-0.2, -0.15) is 5.26 Å². The molecule has 0 aromatic heterocycles. The lowest BCUT2D eigenvalue weighted by Crippen LogP contribution is -2.27. The molecule has 6 nitrogen and oxygen atoms in total. The zero-order valence-electron chi connectivity index (χ0n) is 13.5. The molecule has 0 spiro atoms. The van der Waals surface area contributed by atoms with Gasteiger partial charge in [0.25, 0.3) is 5.91 Å². The summed E-state index contributed by atoms with van der Waals surface area (Å²) in [4.78, 5) is 23.0. The Labute approximate surface area is 146 Å². The summed E-state index contributed by atoms with van der Waals surface area (Å²) in [6.07, 6.45) is 2.02. The summed E-state index contributed by atoms with van der Waals surface area (Å²) in [6.45, 7) is 0.440. The Morgan fingerprint density at radius 2 is 1.76 bits per heavy atom. The molecule has 0 aliphatic heterocycles. The fraction of sp³-hybridized carbons (Fsp3) is 0.105. The average molecular weight is 334 g/mol. The summed E-state index contributed by atoms with van der Waals surface area (Å²) < 4.78 is 0. The molecule has 2 amide bonds. The summed E-state index contributed by atoms with van der Waals surface area (Å²) in [6, 6.07) is 18.0. The molecule has 0 aliphatic rings. The number of rotatable bonds is 7. The molecular weight excluding hydrogens is 316 g/mol. The molecule has 25 heavy (non-hydrogen) atoms. The van der Waals surface area contributed by atoms with Crippen molar-refractivity contribution < 1.29 is 9.59 Å². The quantitative estimate of drug-likeness (QED) is 0.531. The van der Waals surface area contributed by atoms with Gasteiger partial charge in [-0.05, 0) is 36.2 Å². The maximum absolute atomic E-state index is 12.0. The molecule has 4 N–H and O–H groups in total. The molecule has 0 aliphatic carbocycles. The molecule has 0 saturated heterocycles. The van der Waals surface area contributed by atoms with Crippen molar-refractivity contribution in [3.8, 4) is 6.07 Å². The highest BCUT2D eigenvalue weighted by atomic mass is 16.2. The van der Waals surface area contributed by atoms with Crippen LogP contribution >= 0.6 is 0 Å². The molecule has 0 atom stereocenters. The van der Waals surface area contributed by atoms with E-state index in [1.807, 2.05) is 36.4 Å². The Morgan fingerprint density at radius 3 is 2.36 bits per heavy atom. The SMILES string of the molecule is N#C/C(=C/Nc1ccc(C(N)=O)cc1)C(=O)NCCc1ccccc1. The molecule has 0 bridgehead atoms. The largest absolute Gasteiger partial charge is 0.366 e. The van der Waals surface area contributed by atoms with E-state index < -0.39 is 11.8 Å². The van der Waals surface area contributed by atoms with Gasteiger partial charge in [0.1, 0.15) is 11.6 Å². The minimum Gasteiger partial charge on any atom is -0.366 e. The number of carbonyl (C=O) groups excluding carboxylic acids is 2. The standard InChI is InChI=1S/C19H18N4O2/c20-12-16(13-23-17-8-6-15(7-9-17)18(21)24)19(25)22-11-10-14-4-2-1-3-5-14/h1-9,13,23H,10-11H2,(H2,21,24)(H,22,25)/b16-13-. The first kappa shape index (κ1) is 17.8. The number of benzene rings is 2. The number of nitrogens with one attached hydrogen (secondary N) is 2. The first-order chi connectivity index (χ1) is 12.1. The molecule has 2 aromatic carbocycles. The van der Waals surface area contributed by atoms with Crippen molar-refractivity contribution in [3.05, 3.63) is 77.5 Å². The van der Waals surface area contributed by atoms with Gasteiger partial charge in [-0.25, -0.2) is 0 Å². The van der Waals surface area contributed by atoms with Crippen LogP contribution in [-0.4, -0.2) is 18.4 Å². The second-order valence-electron chi connectivity index (χ2n) is 5.25. The second-order valence-corrected chi connectivity index (χ2v) is 5.25. The molecule has 0 heterocycles. The summed E-state index contributed by atoms with van der Waals surface area (Å²) in [5, 5.41) is 14.7. The Kier molecular flexibility index (Phi) is 6.32. The van der Waals surface area contributed by atoms with E-state index in [4.69, 9.17) is 11.0 Å². The van der Waals surface area contributed by atoms with Crippen LogP contribution in [0.4, 0.5) is 5.69 Å². The number of primary amides is 1. The predicted molar refractivity (Wildman–Crippen MR) is 95.4 cm³/mol. The topological polar surface area (TPSA) is 108 Å². The molecular formula is C19H18N4O2. The first-order valence-corrected chi connectivity index (χ1v) is 7.69. The Balaban J connectivity index is 1.89. The zero-order valence-corrected chi connectivity index (χ0v) is 13.5. The van der Waals surface area contributed by atoms with Crippen molar-refractivity contribution in [3.63, 3.8) is 0 Å². The molecule has 0 saturated carbocycles. The lowest BCUT2D eigenvalue weighted by atomic mass is 10.1. The summed E-state index contributed by atoms with van der Waals surface area (Å²) in [5.74, 6) is -0.961. The average Bonchev–Trinajstić information content (AvgIpc) is 2.63. The molecule has 6 heteroatoms. The maximum Gasteiger partial charge on any atom is 0.263 e. The van der Waals surface area contributed by atoms with Crippen molar-refractivity contribution in [1.82, 2.24) is 5.32 Å². The van der Waals surface area contributed by atoms with Crippen LogP contribution in [0.1, 0.15) is 15.9 Å². The molecule has 0 fully saturated rings. The highest BCUT2D eigenvalue weighted by Gasteiger charge is 2.08. The van der Waals surface area contributed by atoms with Crippen molar-refractivity contribution in [2.24, 2.45) is 5.73 Å². The second kappa shape index (κ2) is 8.89. The fourth-order valence-corrected chi connectivity index (χ4v) is 2.10. The number of nitrogens with two attached hydrogens (primary N) is 1. The van der Waals surface area contributed by atoms with Crippen LogP contribution in [0.5, 0.6) is 0 Å². The van der Waals surface area contributed by atoms with Gasteiger partial charge >= 0.3 is 0 Å². The fourth-order valence-electron chi connectivity index (χ4n) is 2.10. The van der Waals surface area contributed by atoms with Gasteiger partial charge in [0.2, 0.25) is 5.91 Å². The third-order valence-electron chi connectivity index (χ3n) is 3.46. The number of nitriles is 1. The van der Waals surface area contributed by atoms with Crippen LogP contribution in [-0.2, 0) is 11.2 Å². The number of nitrogens with zero attached hydrogens (tertiary/aromatic N) is 1. The van der Waals surface area contributed by atoms with Crippen molar-refractivity contribution in [2.75, 3.05) is 11.9 Å². The van der Waals surface area contributed by atoms with Crippen LogP contribution in [0, 0.1) is 11.3 Å². The van der Waals surface area contributed by atoms with E-state index in [0.29, 0.717) is 24.2 Å². The Bertz CT molecular complexity index is 806. The number of anilines is 1. The number of hydrogen-bond acceptors (Lipinski definition) is 4. The zero-order chi connectivity index (χ0) is 18.1. The van der Waals surface area contributed by atoms with Crippen LogP contribution in [0.2, 0.25) is 0 Å². The summed E-state index contributed by atoms with van der Waals surface area (Å²) in [7, 11) is 0. The van der Waals surface area contributed by atoms with Crippen molar-refractivity contribution >= 4 is 17.5 Å². The number of amides is 2. The predicted octanol–water partition coefficient (Wildman–Crippen LogP) is 1.96. The Hall–Kier alpha value is -3.59. The van der Waals surface area contributed by atoms with E-state index in [2.05, 4.69) is 10.6 Å². The summed E-state index contributed by atoms with van der Waals surface area (Å²) in [5.41, 5.74) is 7.26. The smallest absolute Gasteiger partial charge is 0.263 e. The lowest BCUT2D eigenvalue weighted by Gasteiger charge is -2.06. The Morgan fingerprint density at radius 1 is 1.08 bits per heavy atom. The van der Waals surface area contributed by atoms with Gasteiger partial charge in [-0.3, -0.25) is 9.59 Å². The van der Waals surface area contributed by atoms with Gasteiger partial charge in [-0.15, -0.1) is 0 Å². The van der Waals surface area contributed by atoms with Gasteiger partial charge < -0.3 is 16.4 Å². The van der Waals surface area contributed by atoms with Gasteiger partial charge in [0.05, 0.1) is 0 Å². The minimum atomic E-state index is -0.516. The number of carbonyl (C=O) groups is 2. The molecule has 0 unspecified atom stereocenters. The summed E-state index contributed by atoms with van der Waals surface area (Å²) >= 11 is 0.